The third-order valence-electron chi connectivity index (χ3n) is 6.13. The number of hydrogen-bond donors (Lipinski definition) is 0. The lowest BCUT2D eigenvalue weighted by Gasteiger charge is -2.14. The van der Waals surface area contributed by atoms with Crippen molar-refractivity contribution in [3.05, 3.63) is 105 Å². The van der Waals surface area contributed by atoms with E-state index in [9.17, 15) is 19.6 Å². The third-order valence-corrected chi connectivity index (χ3v) is 6.53. The molecule has 5 rings (SSSR count). The fourth-order valence-corrected chi connectivity index (χ4v) is 4.60. The summed E-state index contributed by atoms with van der Waals surface area (Å²) in [4.78, 5) is 43.4. The molecule has 3 heterocycles. The number of hydrogen-bond acceptors (Lipinski definition) is 7. The molecule has 0 aliphatic heterocycles. The molecule has 8 nitrogen and oxygen atoms in total. The summed E-state index contributed by atoms with van der Waals surface area (Å²) in [7, 11) is 1.42. The van der Waals surface area contributed by atoms with Crippen molar-refractivity contribution in [2.45, 2.75) is 0 Å². The number of rotatable bonds is 6. The van der Waals surface area contributed by atoms with Crippen LogP contribution in [0, 0.1) is 11.3 Å². The number of ether oxygens (including phenoxy) is 1. The number of pyridine rings is 2. The summed E-state index contributed by atoms with van der Waals surface area (Å²) in [5, 5.41) is 10.5. The van der Waals surface area contributed by atoms with E-state index in [1.807, 2.05) is 18.2 Å². The first-order chi connectivity index (χ1) is 18.5. The summed E-state index contributed by atoms with van der Waals surface area (Å²) >= 11 is 6.90. The Balaban J connectivity index is 1.65. The van der Waals surface area contributed by atoms with Gasteiger partial charge in [0.2, 0.25) is 5.88 Å². The van der Waals surface area contributed by atoms with Gasteiger partial charge in [-0.2, -0.15) is 5.26 Å². The number of benzene rings is 2. The average Bonchev–Trinajstić information content (AvgIpc) is 2.96. The molecule has 0 fully saturated rings. The monoisotopic (exact) mass is 520 g/mol. The molecule has 38 heavy (non-hydrogen) atoms. The molecule has 0 atom stereocenters. The second kappa shape index (κ2) is 10.1. The van der Waals surface area contributed by atoms with E-state index in [1.165, 1.54) is 17.7 Å². The van der Waals surface area contributed by atoms with E-state index in [1.54, 1.807) is 48.7 Å². The van der Waals surface area contributed by atoms with Gasteiger partial charge < -0.3 is 4.74 Å². The van der Waals surface area contributed by atoms with Crippen LogP contribution in [0.3, 0.4) is 0 Å². The topological polar surface area (TPSA) is 114 Å². The van der Waals surface area contributed by atoms with Gasteiger partial charge in [-0.3, -0.25) is 18.8 Å². The molecule has 0 amide bonds. The first-order valence-electron chi connectivity index (χ1n) is 11.3. The zero-order valence-electron chi connectivity index (χ0n) is 19.9. The Bertz CT molecular complexity index is 1860. The van der Waals surface area contributed by atoms with Gasteiger partial charge in [0.15, 0.2) is 12.6 Å². The van der Waals surface area contributed by atoms with E-state index >= 15 is 0 Å². The number of halogens is 1. The number of nitriles is 1. The third kappa shape index (κ3) is 4.11. The second-order valence-corrected chi connectivity index (χ2v) is 8.58. The maximum Gasteiger partial charge on any atom is 0.268 e. The van der Waals surface area contributed by atoms with Crippen LogP contribution in [-0.4, -0.2) is 34.1 Å². The van der Waals surface area contributed by atoms with Crippen molar-refractivity contribution in [2.24, 2.45) is 0 Å². The van der Waals surface area contributed by atoms with Crippen LogP contribution in [0.1, 0.15) is 26.3 Å². The molecule has 0 radical (unpaired) electrons. The van der Waals surface area contributed by atoms with E-state index < -0.39 is 5.56 Å². The van der Waals surface area contributed by atoms with E-state index in [0.717, 1.165) is 0 Å². The largest absolute Gasteiger partial charge is 0.480 e. The van der Waals surface area contributed by atoms with Crippen molar-refractivity contribution in [1.82, 2.24) is 14.4 Å². The Morgan fingerprint density at radius 3 is 2.37 bits per heavy atom. The Morgan fingerprint density at radius 2 is 1.66 bits per heavy atom. The lowest BCUT2D eigenvalue weighted by Crippen LogP contribution is -2.18. The van der Waals surface area contributed by atoms with E-state index in [4.69, 9.17) is 16.3 Å². The molecule has 0 aliphatic carbocycles. The maximum absolute atomic E-state index is 12.4. The van der Waals surface area contributed by atoms with Gasteiger partial charge in [0.05, 0.1) is 34.5 Å². The van der Waals surface area contributed by atoms with Crippen molar-refractivity contribution in [2.75, 3.05) is 7.11 Å². The Hall–Kier alpha value is -5.13. The Labute approximate surface area is 221 Å². The maximum atomic E-state index is 12.4. The lowest BCUT2D eigenvalue weighted by molar-refractivity contribution is 0.111. The van der Waals surface area contributed by atoms with Crippen molar-refractivity contribution in [3.8, 4) is 45.5 Å². The zero-order valence-corrected chi connectivity index (χ0v) is 20.6. The highest BCUT2D eigenvalue weighted by atomic mass is 35.5. The highest BCUT2D eigenvalue weighted by Crippen LogP contribution is 2.40. The van der Waals surface area contributed by atoms with Crippen molar-refractivity contribution >= 4 is 29.8 Å². The van der Waals surface area contributed by atoms with Crippen LogP contribution in [0.2, 0.25) is 5.02 Å². The van der Waals surface area contributed by atoms with Gasteiger partial charge in [0.1, 0.15) is 11.7 Å². The minimum Gasteiger partial charge on any atom is -0.480 e. The summed E-state index contributed by atoms with van der Waals surface area (Å²) in [6.45, 7) is 0. The number of fused-ring (bicyclic) bond motifs is 1. The summed E-state index contributed by atoms with van der Waals surface area (Å²) in [5.74, 6) is 0.163. The van der Waals surface area contributed by atoms with Crippen LogP contribution in [0.15, 0.2) is 77.9 Å². The Kier molecular flexibility index (Phi) is 6.52. The molecular formula is C29H17ClN4O4. The molecule has 0 aliphatic rings. The minimum absolute atomic E-state index is 0.0351. The minimum atomic E-state index is -0.460. The second-order valence-electron chi connectivity index (χ2n) is 8.20. The van der Waals surface area contributed by atoms with Crippen LogP contribution in [0.5, 0.6) is 5.88 Å². The molecule has 0 saturated carbocycles. The van der Waals surface area contributed by atoms with Gasteiger partial charge in [-0.1, -0.05) is 48.0 Å². The number of nitrogens with zero attached hydrogens (tertiary/aromatic N) is 4. The molecule has 0 saturated heterocycles. The molecular weight excluding hydrogens is 504 g/mol. The summed E-state index contributed by atoms with van der Waals surface area (Å²) in [5.41, 5.74) is 4.15. The Morgan fingerprint density at radius 1 is 0.947 bits per heavy atom. The first kappa shape index (κ1) is 24.6. The molecule has 0 N–H and O–H groups in total. The quantitative estimate of drug-likeness (QED) is 0.281. The zero-order chi connectivity index (χ0) is 26.8. The van der Waals surface area contributed by atoms with Crippen molar-refractivity contribution in [1.29, 1.82) is 5.26 Å². The van der Waals surface area contributed by atoms with Crippen molar-refractivity contribution in [3.63, 3.8) is 0 Å². The van der Waals surface area contributed by atoms with Gasteiger partial charge >= 0.3 is 0 Å². The molecule has 2 aromatic carbocycles. The van der Waals surface area contributed by atoms with Crippen LogP contribution in [0.25, 0.3) is 39.2 Å². The SMILES string of the molecule is COc1nc(-c2cccc(-c3cccc(-c4ccn5c(=O)c(C=O)cnc5c4)c3Cl)c2C#N)ccc1C=O. The molecule has 0 spiro atoms. The normalized spacial score (nSPS) is 10.7. The summed E-state index contributed by atoms with van der Waals surface area (Å²) < 4.78 is 6.52. The molecule has 184 valence electrons. The number of aldehydes is 2. The van der Waals surface area contributed by atoms with Gasteiger partial charge in [-0.05, 0) is 29.8 Å². The van der Waals surface area contributed by atoms with Crippen LogP contribution >= 0.6 is 11.6 Å². The smallest absolute Gasteiger partial charge is 0.268 e. The van der Waals surface area contributed by atoms with Gasteiger partial charge in [-0.25, -0.2) is 9.97 Å². The lowest BCUT2D eigenvalue weighted by atomic mass is 9.92. The summed E-state index contributed by atoms with van der Waals surface area (Å²) in [6, 6.07) is 19.8. The van der Waals surface area contributed by atoms with Crippen LogP contribution < -0.4 is 10.3 Å². The number of carbonyl (C=O) groups excluding carboxylic acids is 2. The number of aromatic nitrogens is 3. The molecule has 5 aromatic rings. The van der Waals surface area contributed by atoms with Crippen LogP contribution in [-0.2, 0) is 0 Å². The molecule has 9 heteroatoms. The highest BCUT2D eigenvalue weighted by Gasteiger charge is 2.18. The van der Waals surface area contributed by atoms with E-state index in [2.05, 4.69) is 16.0 Å². The van der Waals surface area contributed by atoms with Crippen LogP contribution in [0.4, 0.5) is 0 Å². The first-order valence-corrected chi connectivity index (χ1v) is 11.7. The number of carbonyl (C=O) groups is 2. The van der Waals surface area contributed by atoms with Gasteiger partial charge in [-0.15, -0.1) is 0 Å². The standard InChI is InChI=1S/C29H17ClN4O4/c1-38-28-18(15-35)8-9-25(33-28)22-6-3-5-21(24(22)13-31)23-7-2-4-20(27(23)30)17-10-11-34-26(12-17)32-14-19(16-36)29(34)37/h2-12,14-16H,1H3. The average molecular weight is 521 g/mol. The molecule has 3 aromatic heterocycles. The fourth-order valence-electron chi connectivity index (χ4n) is 4.27. The predicted octanol–water partition coefficient (Wildman–Crippen LogP) is 5.25. The van der Waals surface area contributed by atoms with E-state index in [0.29, 0.717) is 67.9 Å². The van der Waals surface area contributed by atoms with E-state index in [-0.39, 0.29) is 11.4 Å². The van der Waals surface area contributed by atoms with Gasteiger partial charge in [0, 0.05) is 34.6 Å². The molecule has 0 unspecified atom stereocenters. The predicted molar refractivity (Wildman–Crippen MR) is 143 cm³/mol. The van der Waals surface area contributed by atoms with Crippen molar-refractivity contribution < 1.29 is 14.3 Å². The number of methoxy groups -OCH3 is 1. The highest BCUT2D eigenvalue weighted by molar-refractivity contribution is 6.36. The summed E-state index contributed by atoms with van der Waals surface area (Å²) in [6.07, 6.45) is 3.91. The van der Waals surface area contributed by atoms with Gasteiger partial charge in [0.25, 0.3) is 5.56 Å². The molecule has 0 bridgehead atoms. The fraction of sp³-hybridized carbons (Fsp3) is 0.0345.